The van der Waals surface area contributed by atoms with Gasteiger partial charge in [0.05, 0.1) is 17.7 Å². The van der Waals surface area contributed by atoms with Gasteiger partial charge in [-0.2, -0.15) is 0 Å². The molecule has 1 fully saturated rings. The molecule has 0 radical (unpaired) electrons. The zero-order chi connectivity index (χ0) is 24.2. The van der Waals surface area contributed by atoms with E-state index >= 15 is 0 Å². The first kappa shape index (κ1) is 22.9. The molecule has 1 N–H and O–H groups in total. The van der Waals surface area contributed by atoms with Crippen LogP contribution in [0.15, 0.2) is 60.7 Å². The lowest BCUT2D eigenvalue weighted by molar-refractivity contribution is -0.131. The molecular weight excluding hydrogens is 442 g/mol. The van der Waals surface area contributed by atoms with Crippen molar-refractivity contribution >= 4 is 11.8 Å². The molecule has 0 atom stereocenters. The van der Waals surface area contributed by atoms with Crippen LogP contribution in [0.5, 0.6) is 11.5 Å². The normalized spacial score (nSPS) is 15.2. The molecule has 35 heavy (non-hydrogen) atoms. The van der Waals surface area contributed by atoms with Crippen LogP contribution in [0.2, 0.25) is 0 Å². The van der Waals surface area contributed by atoms with E-state index < -0.39 is 0 Å². The highest BCUT2D eigenvalue weighted by Gasteiger charge is 2.28. The van der Waals surface area contributed by atoms with Gasteiger partial charge in [0.25, 0.3) is 5.91 Å². The monoisotopic (exact) mass is 471 g/mol. The van der Waals surface area contributed by atoms with Crippen LogP contribution in [-0.2, 0) is 17.8 Å². The summed E-state index contributed by atoms with van der Waals surface area (Å²) >= 11 is 0. The number of aryl methyl sites for hydroxylation is 1. The largest absolute Gasteiger partial charge is 0.454 e. The predicted molar refractivity (Wildman–Crippen MR) is 131 cm³/mol. The molecule has 180 valence electrons. The molecule has 0 saturated carbocycles. The van der Waals surface area contributed by atoms with Gasteiger partial charge in [-0.25, -0.2) is 0 Å². The number of piperidine rings is 1. The maximum Gasteiger partial charge on any atom is 0.253 e. The van der Waals surface area contributed by atoms with Gasteiger partial charge in [-0.05, 0) is 55.2 Å². The summed E-state index contributed by atoms with van der Waals surface area (Å²) < 4.78 is 10.8. The minimum atomic E-state index is -0.146. The maximum atomic E-state index is 13.1. The van der Waals surface area contributed by atoms with Crippen molar-refractivity contribution in [1.29, 1.82) is 0 Å². The minimum Gasteiger partial charge on any atom is -0.454 e. The van der Waals surface area contributed by atoms with Crippen molar-refractivity contribution in [3.05, 3.63) is 88.7 Å². The number of nitrogens with one attached hydrogen (secondary N) is 1. The second kappa shape index (κ2) is 10.2. The second-order valence-corrected chi connectivity index (χ2v) is 9.07. The Morgan fingerprint density at radius 3 is 2.54 bits per heavy atom. The van der Waals surface area contributed by atoms with E-state index in [4.69, 9.17) is 14.5 Å². The molecule has 2 aliphatic heterocycles. The number of nitrogens with zero attached hydrogens (tertiary/aromatic N) is 2. The first-order valence-electron chi connectivity index (χ1n) is 12.0. The SMILES string of the molecule is Cc1ccc(C(=O)NCc2ccc3c(c2)OCO3)c(C2CCN(C(=O)Cc3ccccc3)CC2)n1. The van der Waals surface area contributed by atoms with Crippen molar-refractivity contribution in [1.82, 2.24) is 15.2 Å². The van der Waals surface area contributed by atoms with Gasteiger partial charge in [0.1, 0.15) is 0 Å². The number of amides is 2. The summed E-state index contributed by atoms with van der Waals surface area (Å²) in [6, 6.07) is 19.2. The van der Waals surface area contributed by atoms with E-state index in [1.165, 1.54) is 0 Å². The van der Waals surface area contributed by atoms with E-state index in [0.29, 0.717) is 37.4 Å². The van der Waals surface area contributed by atoms with Gasteiger partial charge in [0.15, 0.2) is 11.5 Å². The fourth-order valence-corrected chi connectivity index (χ4v) is 4.69. The summed E-state index contributed by atoms with van der Waals surface area (Å²) in [6.07, 6.45) is 2.00. The van der Waals surface area contributed by atoms with Gasteiger partial charge in [-0.3, -0.25) is 14.6 Å². The van der Waals surface area contributed by atoms with Gasteiger partial charge >= 0.3 is 0 Å². The Morgan fingerprint density at radius 2 is 1.74 bits per heavy atom. The van der Waals surface area contributed by atoms with Crippen LogP contribution in [0.1, 0.15) is 51.6 Å². The van der Waals surface area contributed by atoms with Crippen molar-refractivity contribution in [2.24, 2.45) is 0 Å². The average molecular weight is 472 g/mol. The topological polar surface area (TPSA) is 80.8 Å². The van der Waals surface area contributed by atoms with Gasteiger partial charge in [-0.1, -0.05) is 36.4 Å². The Balaban J connectivity index is 1.22. The lowest BCUT2D eigenvalue weighted by atomic mass is 9.89. The molecule has 2 amide bonds. The van der Waals surface area contributed by atoms with Gasteiger partial charge in [0.2, 0.25) is 12.7 Å². The molecule has 0 aliphatic carbocycles. The smallest absolute Gasteiger partial charge is 0.253 e. The third kappa shape index (κ3) is 5.29. The number of fused-ring (bicyclic) bond motifs is 1. The number of hydrogen-bond donors (Lipinski definition) is 1. The Labute approximate surface area is 205 Å². The number of aromatic nitrogens is 1. The first-order chi connectivity index (χ1) is 17.1. The van der Waals surface area contributed by atoms with E-state index in [9.17, 15) is 9.59 Å². The Bertz CT molecular complexity index is 1220. The third-order valence-corrected chi connectivity index (χ3v) is 6.63. The lowest BCUT2D eigenvalue weighted by Gasteiger charge is -2.32. The second-order valence-electron chi connectivity index (χ2n) is 9.07. The van der Waals surface area contributed by atoms with Gasteiger partial charge in [0, 0.05) is 31.2 Å². The van der Waals surface area contributed by atoms with Gasteiger partial charge in [-0.15, -0.1) is 0 Å². The Kier molecular flexibility index (Phi) is 6.66. The fraction of sp³-hybridized carbons (Fsp3) is 0.321. The highest BCUT2D eigenvalue weighted by Crippen LogP contribution is 2.33. The summed E-state index contributed by atoms with van der Waals surface area (Å²) in [6.45, 7) is 3.89. The number of likely N-dealkylation sites (tertiary alicyclic amines) is 1. The Morgan fingerprint density at radius 1 is 0.971 bits per heavy atom. The highest BCUT2D eigenvalue weighted by atomic mass is 16.7. The molecule has 3 aromatic rings. The van der Waals surface area contributed by atoms with E-state index in [1.807, 2.05) is 72.5 Å². The lowest BCUT2D eigenvalue weighted by Crippen LogP contribution is -2.39. The molecule has 2 aromatic carbocycles. The summed E-state index contributed by atoms with van der Waals surface area (Å²) in [5.41, 5.74) is 4.28. The predicted octanol–water partition coefficient (Wildman–Crippen LogP) is 4.00. The first-order valence-corrected chi connectivity index (χ1v) is 12.0. The molecule has 0 spiro atoms. The van der Waals surface area contributed by atoms with Crippen LogP contribution in [0.3, 0.4) is 0 Å². The molecule has 2 aliphatic rings. The molecule has 5 rings (SSSR count). The molecule has 0 unspecified atom stereocenters. The van der Waals surface area contributed by atoms with Crippen LogP contribution in [0.4, 0.5) is 0 Å². The summed E-state index contributed by atoms with van der Waals surface area (Å²) in [7, 11) is 0. The molecule has 7 heteroatoms. The minimum absolute atomic E-state index is 0.141. The van der Waals surface area contributed by atoms with Crippen molar-refractivity contribution in [3.8, 4) is 11.5 Å². The molecular formula is C28H29N3O4. The zero-order valence-electron chi connectivity index (χ0n) is 19.8. The summed E-state index contributed by atoms with van der Waals surface area (Å²) in [4.78, 5) is 32.6. The molecule has 1 saturated heterocycles. The quantitative estimate of drug-likeness (QED) is 0.588. The van der Waals surface area contributed by atoms with Crippen molar-refractivity contribution in [2.45, 2.75) is 38.6 Å². The van der Waals surface area contributed by atoms with Crippen LogP contribution < -0.4 is 14.8 Å². The number of carbonyl (C=O) groups excluding carboxylic acids is 2. The standard InChI is InChI=1S/C28H29N3O4/c1-19-7-9-23(28(33)29-17-21-8-10-24-25(15-21)35-18-34-24)27(30-19)22-11-13-31(14-12-22)26(32)16-20-5-3-2-4-6-20/h2-10,15,22H,11-14,16-18H2,1H3,(H,29,33). The number of benzene rings is 2. The number of hydrogen-bond acceptors (Lipinski definition) is 5. The van der Waals surface area contributed by atoms with E-state index in [-0.39, 0.29) is 24.5 Å². The fourth-order valence-electron chi connectivity index (χ4n) is 4.69. The molecule has 1 aromatic heterocycles. The van der Waals surface area contributed by atoms with Crippen LogP contribution in [0.25, 0.3) is 0 Å². The number of carbonyl (C=O) groups is 2. The number of pyridine rings is 1. The zero-order valence-corrected chi connectivity index (χ0v) is 19.8. The maximum absolute atomic E-state index is 13.1. The summed E-state index contributed by atoms with van der Waals surface area (Å²) in [5.74, 6) is 1.56. The van der Waals surface area contributed by atoms with Gasteiger partial charge < -0.3 is 19.7 Å². The molecule has 7 nitrogen and oxygen atoms in total. The van der Waals surface area contributed by atoms with E-state index in [0.717, 1.165) is 41.1 Å². The van der Waals surface area contributed by atoms with Crippen molar-refractivity contribution in [3.63, 3.8) is 0 Å². The highest BCUT2D eigenvalue weighted by molar-refractivity contribution is 5.95. The molecule has 3 heterocycles. The number of ether oxygens (including phenoxy) is 2. The number of rotatable bonds is 6. The van der Waals surface area contributed by atoms with E-state index in [1.54, 1.807) is 0 Å². The Hall–Kier alpha value is -3.87. The summed E-state index contributed by atoms with van der Waals surface area (Å²) in [5, 5.41) is 3.02. The average Bonchev–Trinajstić information content (AvgIpc) is 3.36. The van der Waals surface area contributed by atoms with Crippen LogP contribution in [0, 0.1) is 6.92 Å². The van der Waals surface area contributed by atoms with Crippen molar-refractivity contribution in [2.75, 3.05) is 19.9 Å². The third-order valence-electron chi connectivity index (χ3n) is 6.63. The van der Waals surface area contributed by atoms with Crippen LogP contribution in [-0.4, -0.2) is 41.6 Å². The molecule has 0 bridgehead atoms. The van der Waals surface area contributed by atoms with E-state index in [2.05, 4.69) is 5.32 Å². The van der Waals surface area contributed by atoms with Crippen LogP contribution >= 0.6 is 0 Å². The van der Waals surface area contributed by atoms with Crippen molar-refractivity contribution < 1.29 is 19.1 Å².